The molecule has 0 bridgehead atoms. The molecule has 1 heterocycles. The molecular formula is C23H27NO2. The fourth-order valence-corrected chi connectivity index (χ4v) is 4.37. The topological polar surface area (TPSA) is 42.2 Å². The molecule has 136 valence electrons. The number of carboxylic acids is 1. The Bertz CT molecular complexity index is 925. The third-order valence-corrected chi connectivity index (χ3v) is 5.34. The molecule has 0 fully saturated rings. The highest BCUT2D eigenvalue weighted by Gasteiger charge is 2.34. The number of carbonyl (C=O) groups is 1. The minimum atomic E-state index is -0.871. The third kappa shape index (κ3) is 3.03. The molecule has 3 heteroatoms. The second-order valence-corrected chi connectivity index (χ2v) is 7.63. The number of nitrogens with zero attached hydrogens (tertiary/aromatic N) is 1. The van der Waals surface area contributed by atoms with Crippen LogP contribution in [0, 0.1) is 0 Å². The highest BCUT2D eigenvalue weighted by atomic mass is 16.4. The lowest BCUT2D eigenvalue weighted by molar-refractivity contribution is 0.0698. The lowest BCUT2D eigenvalue weighted by atomic mass is 9.76. The van der Waals surface area contributed by atoms with E-state index in [0.29, 0.717) is 12.1 Å². The molecule has 0 aliphatic heterocycles. The van der Waals surface area contributed by atoms with Crippen molar-refractivity contribution in [2.75, 3.05) is 0 Å². The van der Waals surface area contributed by atoms with Crippen molar-refractivity contribution < 1.29 is 9.90 Å². The number of fused-ring (bicyclic) bond motifs is 3. The van der Waals surface area contributed by atoms with E-state index in [1.165, 1.54) is 11.3 Å². The number of benzene rings is 1. The van der Waals surface area contributed by atoms with Crippen molar-refractivity contribution in [2.24, 2.45) is 0 Å². The van der Waals surface area contributed by atoms with Crippen LogP contribution in [0.5, 0.6) is 0 Å². The van der Waals surface area contributed by atoms with E-state index in [9.17, 15) is 9.90 Å². The number of carboxylic acid groups (broad SMARTS) is 1. The summed E-state index contributed by atoms with van der Waals surface area (Å²) in [6.07, 6.45) is 11.1. The van der Waals surface area contributed by atoms with Crippen molar-refractivity contribution in [2.45, 2.75) is 52.0 Å². The van der Waals surface area contributed by atoms with Gasteiger partial charge in [0.1, 0.15) is 0 Å². The maximum absolute atomic E-state index is 11.9. The summed E-state index contributed by atoms with van der Waals surface area (Å²) in [5.41, 5.74) is 4.97. The molecule has 0 spiro atoms. The van der Waals surface area contributed by atoms with Crippen molar-refractivity contribution in [3.8, 4) is 0 Å². The van der Waals surface area contributed by atoms with Crippen molar-refractivity contribution in [1.82, 2.24) is 4.57 Å². The first kappa shape index (κ1) is 18.2. The van der Waals surface area contributed by atoms with Crippen LogP contribution in [-0.4, -0.2) is 15.6 Å². The van der Waals surface area contributed by atoms with E-state index in [1.807, 2.05) is 25.1 Å². The Morgan fingerprint density at radius 3 is 2.81 bits per heavy atom. The molecule has 0 unspecified atom stereocenters. The van der Waals surface area contributed by atoms with Crippen LogP contribution in [0.3, 0.4) is 0 Å². The molecule has 1 aromatic heterocycles. The Balaban J connectivity index is 2.37. The first-order valence-corrected chi connectivity index (χ1v) is 9.23. The summed E-state index contributed by atoms with van der Waals surface area (Å²) in [5, 5.41) is 10.9. The van der Waals surface area contributed by atoms with Gasteiger partial charge in [0.25, 0.3) is 0 Å². The number of aromatic nitrogens is 1. The number of para-hydroxylation sites is 1. The minimum Gasteiger partial charge on any atom is -0.478 e. The van der Waals surface area contributed by atoms with E-state index in [1.54, 1.807) is 12.1 Å². The highest BCUT2D eigenvalue weighted by molar-refractivity contribution is 6.04. The molecule has 1 aliphatic carbocycles. The van der Waals surface area contributed by atoms with E-state index < -0.39 is 5.97 Å². The third-order valence-electron chi connectivity index (χ3n) is 5.34. The zero-order valence-electron chi connectivity index (χ0n) is 15.9. The van der Waals surface area contributed by atoms with E-state index in [4.69, 9.17) is 0 Å². The monoisotopic (exact) mass is 349 g/mol. The van der Waals surface area contributed by atoms with Gasteiger partial charge in [-0.2, -0.15) is 0 Å². The number of aryl methyl sites for hydroxylation is 1. The summed E-state index contributed by atoms with van der Waals surface area (Å²) < 4.78 is 2.24. The molecule has 26 heavy (non-hydrogen) atoms. The molecule has 1 aromatic carbocycles. The van der Waals surface area contributed by atoms with Crippen LogP contribution < -0.4 is 0 Å². The predicted octanol–water partition coefficient (Wildman–Crippen LogP) is 5.64. The molecule has 0 atom stereocenters. The van der Waals surface area contributed by atoms with Gasteiger partial charge in [-0.05, 0) is 43.4 Å². The molecule has 0 saturated carbocycles. The fraction of sp³-hybridized carbons (Fsp3) is 0.348. The number of rotatable bonds is 5. The number of allylic oxidation sites excluding steroid dienone is 5. The van der Waals surface area contributed by atoms with Crippen molar-refractivity contribution >= 4 is 16.9 Å². The number of hydrogen-bond acceptors (Lipinski definition) is 1. The van der Waals surface area contributed by atoms with Gasteiger partial charge in [-0.15, -0.1) is 0 Å². The number of hydrogen-bond donors (Lipinski definition) is 1. The van der Waals surface area contributed by atoms with E-state index >= 15 is 0 Å². The number of aromatic carboxylic acids is 1. The molecule has 2 aromatic rings. The zero-order chi connectivity index (χ0) is 18.9. The molecule has 3 nitrogen and oxygen atoms in total. The van der Waals surface area contributed by atoms with Gasteiger partial charge in [0.15, 0.2) is 0 Å². The van der Waals surface area contributed by atoms with Gasteiger partial charge in [-0.1, -0.05) is 56.9 Å². The maximum Gasteiger partial charge on any atom is 0.337 e. The van der Waals surface area contributed by atoms with E-state index in [2.05, 4.69) is 37.1 Å². The van der Waals surface area contributed by atoms with Crippen LogP contribution in [0.2, 0.25) is 0 Å². The average molecular weight is 349 g/mol. The first-order chi connectivity index (χ1) is 12.4. The summed E-state index contributed by atoms with van der Waals surface area (Å²) >= 11 is 0. The van der Waals surface area contributed by atoms with Gasteiger partial charge in [0.2, 0.25) is 0 Å². The molecule has 0 amide bonds. The van der Waals surface area contributed by atoms with Crippen molar-refractivity contribution in [3.05, 3.63) is 71.5 Å². The summed E-state index contributed by atoms with van der Waals surface area (Å²) in [5.74, 6) is -0.871. The standard InChI is InChI=1S/C23H27NO2/c1-5-9-16(10-6-2)15-24-20-17(11-7-12-19(20)22(25)26)18-13-8-14-23(3,4)21(18)24/h5-7,9-12H,1,8,13-15H2,2-4H3,(H,25,26)/b10-6-,16-9+. The Morgan fingerprint density at radius 1 is 1.38 bits per heavy atom. The van der Waals surface area contributed by atoms with Crippen molar-refractivity contribution in [1.29, 1.82) is 0 Å². The van der Waals surface area contributed by atoms with Crippen LogP contribution in [0.25, 0.3) is 10.9 Å². The lowest BCUT2D eigenvalue weighted by Gasteiger charge is -2.32. The Hall–Kier alpha value is -2.55. The van der Waals surface area contributed by atoms with E-state index in [0.717, 1.165) is 35.7 Å². The first-order valence-electron chi connectivity index (χ1n) is 9.23. The smallest absolute Gasteiger partial charge is 0.337 e. The molecule has 1 N–H and O–H groups in total. The Kier molecular flexibility index (Phi) is 4.90. The molecule has 0 radical (unpaired) electrons. The summed E-state index contributed by atoms with van der Waals surface area (Å²) in [6.45, 7) is 11.0. The van der Waals surface area contributed by atoms with Crippen molar-refractivity contribution in [3.63, 3.8) is 0 Å². The molecule has 3 rings (SSSR count). The van der Waals surface area contributed by atoms with Gasteiger partial charge in [-0.3, -0.25) is 0 Å². The lowest BCUT2D eigenvalue weighted by Crippen LogP contribution is -2.27. The van der Waals surface area contributed by atoms with Crippen LogP contribution in [0.4, 0.5) is 0 Å². The second-order valence-electron chi connectivity index (χ2n) is 7.63. The summed E-state index contributed by atoms with van der Waals surface area (Å²) in [4.78, 5) is 11.9. The normalized spacial score (nSPS) is 16.8. The highest BCUT2D eigenvalue weighted by Crippen LogP contribution is 2.43. The maximum atomic E-state index is 11.9. The van der Waals surface area contributed by atoms with Gasteiger partial charge in [-0.25, -0.2) is 4.79 Å². The quantitative estimate of drug-likeness (QED) is 0.710. The van der Waals surface area contributed by atoms with Crippen LogP contribution >= 0.6 is 0 Å². The van der Waals surface area contributed by atoms with Crippen LogP contribution in [0.15, 0.2) is 54.7 Å². The van der Waals surface area contributed by atoms with Crippen LogP contribution in [0.1, 0.15) is 55.2 Å². The van der Waals surface area contributed by atoms with Crippen LogP contribution in [-0.2, 0) is 18.4 Å². The predicted molar refractivity (Wildman–Crippen MR) is 108 cm³/mol. The van der Waals surface area contributed by atoms with E-state index in [-0.39, 0.29) is 5.41 Å². The Labute approximate surface area is 155 Å². The van der Waals surface area contributed by atoms with Gasteiger partial charge in [0.05, 0.1) is 11.1 Å². The molecule has 1 aliphatic rings. The SMILES string of the molecule is C=C/C=C(\C=C/C)Cn1c2c(c3cccc(C(=O)O)c31)CCCC2(C)C. The minimum absolute atomic E-state index is 0.0254. The fourth-order valence-electron chi connectivity index (χ4n) is 4.37. The van der Waals surface area contributed by atoms with Gasteiger partial charge < -0.3 is 9.67 Å². The summed E-state index contributed by atoms with van der Waals surface area (Å²) in [6, 6.07) is 5.65. The molecule has 0 saturated heterocycles. The largest absolute Gasteiger partial charge is 0.478 e. The second kappa shape index (κ2) is 6.99. The van der Waals surface area contributed by atoms with Gasteiger partial charge in [0, 0.05) is 23.0 Å². The molecular weight excluding hydrogens is 322 g/mol. The summed E-state index contributed by atoms with van der Waals surface area (Å²) in [7, 11) is 0. The van der Waals surface area contributed by atoms with Gasteiger partial charge >= 0.3 is 5.97 Å². The average Bonchev–Trinajstić information content (AvgIpc) is 2.90. The zero-order valence-corrected chi connectivity index (χ0v) is 15.9. The Morgan fingerprint density at radius 2 is 2.15 bits per heavy atom.